The van der Waals surface area contributed by atoms with Crippen molar-refractivity contribution < 1.29 is 23.1 Å². The number of carboxylic acids is 1. The van der Waals surface area contributed by atoms with Gasteiger partial charge in [-0.15, -0.1) is 0 Å². The van der Waals surface area contributed by atoms with Crippen LogP contribution < -0.4 is 4.74 Å². The van der Waals surface area contributed by atoms with E-state index in [1.165, 1.54) is 4.31 Å². The molecule has 0 amide bonds. The quantitative estimate of drug-likeness (QED) is 0.572. The van der Waals surface area contributed by atoms with Gasteiger partial charge in [-0.2, -0.15) is 4.31 Å². The Kier molecular flexibility index (Phi) is 10.7. The van der Waals surface area contributed by atoms with Gasteiger partial charge in [-0.25, -0.2) is 13.2 Å². The van der Waals surface area contributed by atoms with Crippen LogP contribution in [0, 0.1) is 0 Å². The molecule has 0 saturated carbocycles. The van der Waals surface area contributed by atoms with Gasteiger partial charge in [-0.1, -0.05) is 47.5 Å². The summed E-state index contributed by atoms with van der Waals surface area (Å²) < 4.78 is 30.7. The number of sulfonamides is 1. The van der Waals surface area contributed by atoms with Crippen LogP contribution >= 0.6 is 23.2 Å². The molecular weight excluding hydrogens is 448 g/mol. The Morgan fingerprint density at radius 2 is 1.83 bits per heavy atom. The SMILES string of the molecule is CS(=O)(=O)N(CC=Cc1cc(Cl)cc(Cl)c1)Cc1cccc(OCC(=O)O)c1.[NaH]. The van der Waals surface area contributed by atoms with Crippen LogP contribution in [-0.2, 0) is 21.4 Å². The van der Waals surface area contributed by atoms with Crippen molar-refractivity contribution >= 4 is 74.8 Å². The number of rotatable bonds is 9. The molecule has 10 heteroatoms. The second-order valence-electron chi connectivity index (χ2n) is 5.99. The van der Waals surface area contributed by atoms with Gasteiger partial charge in [0.05, 0.1) is 6.26 Å². The van der Waals surface area contributed by atoms with Gasteiger partial charge in [-0.05, 0) is 41.5 Å². The van der Waals surface area contributed by atoms with E-state index in [0.29, 0.717) is 21.4 Å². The number of nitrogens with zero attached hydrogens (tertiary/aromatic N) is 1. The average Bonchev–Trinajstić information content (AvgIpc) is 2.58. The van der Waals surface area contributed by atoms with Crippen LogP contribution in [0.25, 0.3) is 6.08 Å². The van der Waals surface area contributed by atoms with Gasteiger partial charge in [0.15, 0.2) is 6.61 Å². The molecule has 0 heterocycles. The van der Waals surface area contributed by atoms with E-state index in [4.69, 9.17) is 33.0 Å². The molecule has 6 nitrogen and oxygen atoms in total. The molecule has 2 aromatic carbocycles. The molecular formula is C19H20Cl2NNaO5S. The van der Waals surface area contributed by atoms with Crippen molar-refractivity contribution in [2.75, 3.05) is 19.4 Å². The number of carbonyl (C=O) groups is 1. The van der Waals surface area contributed by atoms with Gasteiger partial charge in [0.2, 0.25) is 10.0 Å². The third-order valence-electron chi connectivity index (χ3n) is 3.59. The second-order valence-corrected chi connectivity index (χ2v) is 8.85. The monoisotopic (exact) mass is 467 g/mol. The number of hydrogen-bond acceptors (Lipinski definition) is 4. The molecule has 0 aliphatic carbocycles. The second kappa shape index (κ2) is 12.0. The summed E-state index contributed by atoms with van der Waals surface area (Å²) in [6.45, 7) is -0.211. The molecule has 0 aliphatic rings. The van der Waals surface area contributed by atoms with Crippen molar-refractivity contribution in [3.63, 3.8) is 0 Å². The topological polar surface area (TPSA) is 83.9 Å². The molecule has 1 N–H and O–H groups in total. The third-order valence-corrected chi connectivity index (χ3v) is 5.25. The van der Waals surface area contributed by atoms with Crippen LogP contribution in [0.15, 0.2) is 48.5 Å². The number of halogens is 2. The molecule has 152 valence electrons. The molecule has 0 aromatic heterocycles. The number of ether oxygens (including phenoxy) is 1. The summed E-state index contributed by atoms with van der Waals surface area (Å²) in [7, 11) is -3.48. The van der Waals surface area contributed by atoms with Crippen LogP contribution in [0.1, 0.15) is 11.1 Å². The van der Waals surface area contributed by atoms with Crippen LogP contribution in [0.5, 0.6) is 5.75 Å². The number of aliphatic carboxylic acids is 1. The molecule has 2 aromatic rings. The molecule has 0 radical (unpaired) electrons. The molecule has 0 fully saturated rings. The first kappa shape index (κ1) is 26.0. The van der Waals surface area contributed by atoms with Gasteiger partial charge < -0.3 is 9.84 Å². The molecule has 0 bridgehead atoms. The van der Waals surface area contributed by atoms with Gasteiger partial charge in [0.25, 0.3) is 0 Å². The summed E-state index contributed by atoms with van der Waals surface area (Å²) in [4.78, 5) is 10.6. The minimum absolute atomic E-state index is 0. The molecule has 29 heavy (non-hydrogen) atoms. The van der Waals surface area contributed by atoms with Crippen LogP contribution in [0.4, 0.5) is 0 Å². The Balaban J connectivity index is 0.00000420. The predicted octanol–water partition coefficient (Wildman–Crippen LogP) is 3.28. The Bertz CT molecular complexity index is 962. The fourth-order valence-corrected chi connectivity index (χ4v) is 3.66. The number of benzene rings is 2. The Morgan fingerprint density at radius 3 is 2.41 bits per heavy atom. The normalized spacial score (nSPS) is 11.4. The molecule has 0 aliphatic heterocycles. The van der Waals surface area contributed by atoms with E-state index in [2.05, 4.69) is 0 Å². The van der Waals surface area contributed by atoms with Crippen molar-refractivity contribution in [3.8, 4) is 5.75 Å². The van der Waals surface area contributed by atoms with E-state index in [1.807, 2.05) is 0 Å². The summed E-state index contributed by atoms with van der Waals surface area (Å²) in [5, 5.41) is 9.67. The van der Waals surface area contributed by atoms with E-state index in [1.54, 1.807) is 54.6 Å². The van der Waals surface area contributed by atoms with Gasteiger partial charge >= 0.3 is 35.5 Å². The van der Waals surface area contributed by atoms with E-state index < -0.39 is 22.6 Å². The third kappa shape index (κ3) is 9.53. The van der Waals surface area contributed by atoms with E-state index in [-0.39, 0.29) is 42.6 Å². The van der Waals surface area contributed by atoms with Crippen molar-refractivity contribution in [1.82, 2.24) is 4.31 Å². The number of carboxylic acid groups (broad SMARTS) is 1. The Hall–Kier alpha value is -1.06. The fraction of sp³-hybridized carbons (Fsp3) is 0.211. The minimum atomic E-state index is -3.48. The predicted molar refractivity (Wildman–Crippen MR) is 117 cm³/mol. The fourth-order valence-electron chi connectivity index (χ4n) is 2.38. The Morgan fingerprint density at radius 1 is 1.17 bits per heavy atom. The molecule has 0 unspecified atom stereocenters. The van der Waals surface area contributed by atoms with Crippen molar-refractivity contribution in [1.29, 1.82) is 0 Å². The standard InChI is InChI=1S/C19H19Cl2NO5S.Na.H/c1-28(25,26)22(7-3-5-14-8-16(20)11-17(21)9-14)12-15-4-2-6-18(10-15)27-13-19(23)24;;/h2-6,8-11H,7,12-13H2,1H3,(H,23,24);;. The van der Waals surface area contributed by atoms with E-state index in [9.17, 15) is 13.2 Å². The molecule has 0 atom stereocenters. The zero-order valence-corrected chi connectivity index (χ0v) is 17.3. The maximum atomic E-state index is 12.1. The zero-order chi connectivity index (χ0) is 20.7. The summed E-state index contributed by atoms with van der Waals surface area (Å²) in [5.41, 5.74) is 1.43. The van der Waals surface area contributed by atoms with Crippen LogP contribution in [0.2, 0.25) is 10.0 Å². The van der Waals surface area contributed by atoms with Crippen molar-refractivity contribution in [3.05, 3.63) is 69.7 Å². The number of hydrogen-bond donors (Lipinski definition) is 1. The first-order chi connectivity index (χ1) is 13.1. The van der Waals surface area contributed by atoms with Crippen molar-refractivity contribution in [2.45, 2.75) is 6.54 Å². The molecule has 0 spiro atoms. The average molecular weight is 468 g/mol. The van der Waals surface area contributed by atoms with E-state index >= 15 is 0 Å². The molecule has 0 saturated heterocycles. The first-order valence-corrected chi connectivity index (χ1v) is 10.8. The van der Waals surface area contributed by atoms with Crippen molar-refractivity contribution in [2.24, 2.45) is 0 Å². The van der Waals surface area contributed by atoms with Crippen LogP contribution in [-0.4, -0.2) is 72.8 Å². The summed E-state index contributed by atoms with van der Waals surface area (Å²) in [5.74, 6) is -0.730. The van der Waals surface area contributed by atoms with Crippen LogP contribution in [0.3, 0.4) is 0 Å². The summed E-state index contributed by atoms with van der Waals surface area (Å²) in [6, 6.07) is 11.7. The zero-order valence-electron chi connectivity index (χ0n) is 15.0. The van der Waals surface area contributed by atoms with Gasteiger partial charge in [0, 0.05) is 23.1 Å². The van der Waals surface area contributed by atoms with Gasteiger partial charge in [0.1, 0.15) is 5.75 Å². The maximum absolute atomic E-state index is 12.1. The summed E-state index contributed by atoms with van der Waals surface area (Å²) >= 11 is 11.9. The summed E-state index contributed by atoms with van der Waals surface area (Å²) in [6.07, 6.45) is 4.57. The Labute approximate surface area is 202 Å². The van der Waals surface area contributed by atoms with E-state index in [0.717, 1.165) is 11.8 Å². The molecule has 2 rings (SSSR count). The first-order valence-electron chi connectivity index (χ1n) is 8.15. The van der Waals surface area contributed by atoms with Gasteiger partial charge in [-0.3, -0.25) is 0 Å².